The van der Waals surface area contributed by atoms with Crippen molar-refractivity contribution in [3.05, 3.63) is 64.9 Å². The zero-order valence-corrected chi connectivity index (χ0v) is 25.8. The van der Waals surface area contributed by atoms with Crippen molar-refractivity contribution < 1.29 is 36.3 Å². The van der Waals surface area contributed by atoms with E-state index in [0.717, 1.165) is 35.9 Å². The number of likely N-dealkylation sites (tertiary alicyclic amines) is 1. The molecular formula is C30H34F2N6O6S. The molecule has 2 saturated heterocycles. The number of anilines is 2. The molecule has 2 amide bonds. The number of aromatic amines is 1. The predicted octanol–water partition coefficient (Wildman–Crippen LogP) is 3.23. The van der Waals surface area contributed by atoms with E-state index in [2.05, 4.69) is 25.7 Å². The molecule has 15 heteroatoms. The Hall–Kier alpha value is -3.92. The van der Waals surface area contributed by atoms with Crippen molar-refractivity contribution >= 4 is 33.3 Å². The summed E-state index contributed by atoms with van der Waals surface area (Å²) in [4.78, 5) is 28.2. The van der Waals surface area contributed by atoms with Gasteiger partial charge in [0.05, 0.1) is 16.1 Å². The lowest BCUT2D eigenvalue weighted by Gasteiger charge is -2.37. The van der Waals surface area contributed by atoms with Crippen LogP contribution in [-0.4, -0.2) is 85.1 Å². The molecule has 0 radical (unpaired) electrons. The molecule has 12 nitrogen and oxygen atoms in total. The SMILES string of the molecule is CN1CC(Oc2ccc(C(=O)Nc3n[nH]c4c3CN(S(=O)(=O)c3cc(F)cc(F)c3)CC4(C)C)c(NC(=O)[C@@H]3CCCO3)c2)C1. The molecule has 3 aromatic rings. The Morgan fingerprint density at radius 1 is 1.11 bits per heavy atom. The molecule has 45 heavy (non-hydrogen) atoms. The zero-order valence-electron chi connectivity index (χ0n) is 25.0. The zero-order chi connectivity index (χ0) is 32.1. The maximum absolute atomic E-state index is 13.9. The molecule has 3 aliphatic rings. The van der Waals surface area contributed by atoms with E-state index in [-0.39, 0.29) is 42.2 Å². The van der Waals surface area contributed by atoms with Gasteiger partial charge in [0.15, 0.2) is 5.82 Å². The summed E-state index contributed by atoms with van der Waals surface area (Å²) in [5.41, 5.74) is 0.568. The van der Waals surface area contributed by atoms with E-state index in [1.807, 2.05) is 7.05 Å². The van der Waals surface area contributed by atoms with Crippen LogP contribution in [0.5, 0.6) is 5.75 Å². The Labute approximate surface area is 259 Å². The van der Waals surface area contributed by atoms with E-state index in [4.69, 9.17) is 9.47 Å². The van der Waals surface area contributed by atoms with Crippen molar-refractivity contribution in [1.29, 1.82) is 0 Å². The van der Waals surface area contributed by atoms with Gasteiger partial charge in [-0.1, -0.05) is 13.8 Å². The van der Waals surface area contributed by atoms with Gasteiger partial charge >= 0.3 is 0 Å². The van der Waals surface area contributed by atoms with Crippen molar-refractivity contribution in [2.45, 2.75) is 55.8 Å². The minimum atomic E-state index is -4.32. The maximum Gasteiger partial charge on any atom is 0.258 e. The number of carbonyl (C=O) groups is 2. The van der Waals surface area contributed by atoms with Crippen LogP contribution < -0.4 is 15.4 Å². The second-order valence-electron chi connectivity index (χ2n) is 12.3. The third kappa shape index (κ3) is 6.30. The van der Waals surface area contributed by atoms with Crippen LogP contribution in [0.15, 0.2) is 41.3 Å². The lowest BCUT2D eigenvalue weighted by molar-refractivity contribution is -0.124. The van der Waals surface area contributed by atoms with Crippen LogP contribution in [-0.2, 0) is 31.5 Å². The molecule has 3 N–H and O–H groups in total. The number of benzene rings is 2. The lowest BCUT2D eigenvalue weighted by atomic mass is 9.84. The maximum atomic E-state index is 13.9. The molecule has 1 atom stereocenters. The van der Waals surface area contributed by atoms with E-state index in [0.29, 0.717) is 36.1 Å². The highest BCUT2D eigenvalue weighted by Crippen LogP contribution is 2.38. The fraction of sp³-hybridized carbons (Fsp3) is 0.433. The number of halogens is 2. The molecule has 1 aromatic heterocycles. The molecule has 240 valence electrons. The Kier molecular flexibility index (Phi) is 8.14. The van der Waals surface area contributed by atoms with Gasteiger partial charge in [-0.2, -0.15) is 9.40 Å². The van der Waals surface area contributed by atoms with Gasteiger partial charge in [-0.15, -0.1) is 0 Å². The third-order valence-corrected chi connectivity index (χ3v) is 9.97. The van der Waals surface area contributed by atoms with E-state index in [1.165, 1.54) is 6.07 Å². The van der Waals surface area contributed by atoms with E-state index < -0.39 is 44.0 Å². The number of fused-ring (bicyclic) bond motifs is 1. The average Bonchev–Trinajstić information content (AvgIpc) is 3.63. The van der Waals surface area contributed by atoms with Gasteiger partial charge in [0.2, 0.25) is 10.0 Å². The Morgan fingerprint density at radius 2 is 1.84 bits per heavy atom. The Morgan fingerprint density at radius 3 is 2.51 bits per heavy atom. The summed E-state index contributed by atoms with van der Waals surface area (Å²) < 4.78 is 67.5. The minimum absolute atomic E-state index is 0.00624. The standard InChI is InChI=1S/C30H34F2N6O6S/c1-30(2)16-38(45(41,42)21-10-17(31)9-18(32)11-21)15-23-26(30)35-36-27(23)34-28(39)22-7-6-19(44-20-13-37(3)14-20)12-24(22)33-29(40)25-5-4-8-43-25/h6-7,9-12,20,25H,4-5,8,13-16H2,1-3H3,(H,33,40)(H2,34,35,36,39)/t25-/m0/s1. The summed E-state index contributed by atoms with van der Waals surface area (Å²) in [6.07, 6.45) is 0.671. The third-order valence-electron chi connectivity index (χ3n) is 8.20. The average molecular weight is 645 g/mol. The highest BCUT2D eigenvalue weighted by atomic mass is 32.2. The van der Waals surface area contributed by atoms with Crippen LogP contribution in [0.3, 0.4) is 0 Å². The van der Waals surface area contributed by atoms with E-state index in [9.17, 15) is 26.8 Å². The smallest absolute Gasteiger partial charge is 0.258 e. The van der Waals surface area contributed by atoms with Crippen molar-refractivity contribution in [2.24, 2.45) is 0 Å². The van der Waals surface area contributed by atoms with E-state index in [1.54, 1.807) is 26.0 Å². The van der Waals surface area contributed by atoms with Crippen molar-refractivity contribution in [2.75, 3.05) is 43.9 Å². The number of ether oxygens (including phenoxy) is 2. The monoisotopic (exact) mass is 644 g/mol. The van der Waals surface area contributed by atoms with Crippen LogP contribution in [0.25, 0.3) is 0 Å². The van der Waals surface area contributed by atoms with Gasteiger partial charge in [0.25, 0.3) is 11.8 Å². The molecule has 0 unspecified atom stereocenters. The molecule has 4 heterocycles. The topological polar surface area (TPSA) is 146 Å². The number of rotatable bonds is 8. The summed E-state index contributed by atoms with van der Waals surface area (Å²) in [7, 11) is -2.34. The molecule has 3 aliphatic heterocycles. The highest BCUT2D eigenvalue weighted by Gasteiger charge is 2.41. The summed E-state index contributed by atoms with van der Waals surface area (Å²) >= 11 is 0. The van der Waals surface area contributed by atoms with Crippen molar-refractivity contribution in [1.82, 2.24) is 19.4 Å². The number of hydrogen-bond donors (Lipinski definition) is 3. The number of amides is 2. The fourth-order valence-corrected chi connectivity index (χ4v) is 7.52. The number of hydrogen-bond acceptors (Lipinski definition) is 8. The van der Waals surface area contributed by atoms with Gasteiger partial charge in [0, 0.05) is 61.6 Å². The Bertz CT molecular complexity index is 1730. The van der Waals surface area contributed by atoms with Crippen LogP contribution in [0.4, 0.5) is 20.3 Å². The number of nitrogens with one attached hydrogen (secondary N) is 3. The highest BCUT2D eigenvalue weighted by molar-refractivity contribution is 7.89. The predicted molar refractivity (Wildman–Crippen MR) is 159 cm³/mol. The Balaban J connectivity index is 1.27. The first-order valence-electron chi connectivity index (χ1n) is 14.6. The van der Waals surface area contributed by atoms with Crippen LogP contribution in [0.1, 0.15) is 48.3 Å². The minimum Gasteiger partial charge on any atom is -0.488 e. The lowest BCUT2D eigenvalue weighted by Crippen LogP contribution is -2.51. The number of H-pyrrole nitrogens is 1. The van der Waals surface area contributed by atoms with Crippen molar-refractivity contribution in [3.8, 4) is 5.75 Å². The molecule has 2 fully saturated rings. The number of nitrogens with zero attached hydrogens (tertiary/aromatic N) is 3. The number of sulfonamides is 1. The van der Waals surface area contributed by atoms with Crippen LogP contribution in [0, 0.1) is 11.6 Å². The number of aromatic nitrogens is 2. The summed E-state index contributed by atoms with van der Waals surface area (Å²) in [6.45, 7) is 5.35. The largest absolute Gasteiger partial charge is 0.488 e. The molecule has 0 bridgehead atoms. The molecule has 6 rings (SSSR count). The second kappa shape index (κ2) is 11.8. The molecule has 2 aromatic carbocycles. The first kappa shape index (κ1) is 31.1. The normalized spacial score (nSPS) is 20.3. The van der Waals surface area contributed by atoms with Crippen molar-refractivity contribution in [3.63, 3.8) is 0 Å². The number of carbonyl (C=O) groups excluding carboxylic acids is 2. The molecule has 0 saturated carbocycles. The quantitative estimate of drug-likeness (QED) is 0.339. The number of likely N-dealkylation sites (N-methyl/N-ethyl adjacent to an activating group) is 1. The van der Waals surface area contributed by atoms with Gasteiger partial charge in [0.1, 0.15) is 29.6 Å². The van der Waals surface area contributed by atoms with Gasteiger partial charge in [-0.25, -0.2) is 17.2 Å². The fourth-order valence-electron chi connectivity index (χ4n) is 5.91. The van der Waals surface area contributed by atoms with Gasteiger partial charge in [-0.3, -0.25) is 19.6 Å². The second-order valence-corrected chi connectivity index (χ2v) is 14.2. The first-order valence-corrected chi connectivity index (χ1v) is 16.0. The summed E-state index contributed by atoms with van der Waals surface area (Å²) in [5, 5.41) is 12.8. The molecule has 0 spiro atoms. The van der Waals surface area contributed by atoms with Crippen LogP contribution in [0.2, 0.25) is 0 Å². The van der Waals surface area contributed by atoms with Gasteiger partial charge < -0.3 is 20.1 Å². The summed E-state index contributed by atoms with van der Waals surface area (Å²) in [5.74, 6) is -2.44. The summed E-state index contributed by atoms with van der Waals surface area (Å²) in [6, 6.07) is 6.91. The first-order chi connectivity index (χ1) is 21.3. The molecule has 0 aliphatic carbocycles. The van der Waals surface area contributed by atoms with Gasteiger partial charge in [-0.05, 0) is 44.2 Å². The molecular weight excluding hydrogens is 610 g/mol. The van der Waals surface area contributed by atoms with Crippen LogP contribution >= 0.6 is 0 Å². The van der Waals surface area contributed by atoms with E-state index >= 15 is 0 Å².